The van der Waals surface area contributed by atoms with Crippen molar-refractivity contribution in [3.63, 3.8) is 0 Å². The Hall–Kier alpha value is -2.95. The number of rotatable bonds is 4. The molecular formula is C15H16N5+. The minimum absolute atomic E-state index is 0.185. The predicted molar refractivity (Wildman–Crippen MR) is 81.4 cm³/mol. The molecule has 0 aliphatic rings. The number of nitrogens with two attached hydrogens (primary N) is 1. The fourth-order valence-electron chi connectivity index (χ4n) is 1.46. The molecule has 20 heavy (non-hydrogen) atoms. The van der Waals surface area contributed by atoms with Crippen LogP contribution in [0.1, 0.15) is 11.1 Å². The van der Waals surface area contributed by atoms with E-state index in [1.165, 1.54) is 0 Å². The average molecular weight is 266 g/mol. The lowest BCUT2D eigenvalue weighted by molar-refractivity contribution is -0.500. The molecule has 0 saturated carbocycles. The second-order valence-electron chi connectivity index (χ2n) is 3.96. The molecule has 0 atom stereocenters. The first-order chi connectivity index (χ1) is 9.84. The van der Waals surface area contributed by atoms with Crippen molar-refractivity contribution in [2.24, 2.45) is 15.9 Å². The van der Waals surface area contributed by atoms with Crippen LogP contribution in [0.5, 0.6) is 0 Å². The number of hydrazone groups is 1. The van der Waals surface area contributed by atoms with Crippen molar-refractivity contribution in [3.8, 4) is 0 Å². The summed E-state index contributed by atoms with van der Waals surface area (Å²) in [5.41, 5.74) is 10.4. The summed E-state index contributed by atoms with van der Waals surface area (Å²) >= 11 is 0. The van der Waals surface area contributed by atoms with Crippen LogP contribution in [0.2, 0.25) is 0 Å². The van der Waals surface area contributed by atoms with Crippen LogP contribution < -0.4 is 16.3 Å². The van der Waals surface area contributed by atoms with Crippen LogP contribution >= 0.6 is 0 Å². The van der Waals surface area contributed by atoms with E-state index in [4.69, 9.17) is 5.73 Å². The zero-order valence-electron chi connectivity index (χ0n) is 10.9. The lowest BCUT2D eigenvalue weighted by atomic mass is 10.2. The molecular weight excluding hydrogens is 250 g/mol. The van der Waals surface area contributed by atoms with Crippen LogP contribution in [0.25, 0.3) is 0 Å². The molecule has 0 aliphatic heterocycles. The Labute approximate surface area is 117 Å². The Bertz CT molecular complexity index is 603. The summed E-state index contributed by atoms with van der Waals surface area (Å²) < 4.78 is 0. The highest BCUT2D eigenvalue weighted by Crippen LogP contribution is 1.93. The third kappa shape index (κ3) is 4.73. The minimum atomic E-state index is 0.185. The van der Waals surface area contributed by atoms with Crippen LogP contribution in [0.4, 0.5) is 0 Å². The monoisotopic (exact) mass is 266 g/mol. The normalized spacial score (nSPS) is 12.1. The van der Waals surface area contributed by atoms with Gasteiger partial charge in [-0.05, 0) is 17.7 Å². The summed E-state index contributed by atoms with van der Waals surface area (Å²) in [4.78, 5) is 0. The Morgan fingerprint density at radius 2 is 1.55 bits per heavy atom. The number of nitrogens with one attached hydrogen (secondary N) is 2. The Balaban J connectivity index is 1.86. The number of guanidine groups is 1. The van der Waals surface area contributed by atoms with Crippen molar-refractivity contribution in [2.45, 2.75) is 0 Å². The molecule has 0 heterocycles. The standard InChI is InChI=1S/C15H15N5/c16-15(19-17-11-13-7-3-1-4-8-13)20-18-12-14-9-5-2-6-10-14/h1-12H,(H3,16,19,20)/p+1/b17-11-,18-12-. The number of hydrazine groups is 1. The first kappa shape index (κ1) is 13.5. The van der Waals surface area contributed by atoms with Gasteiger partial charge < -0.3 is 5.73 Å². The quantitative estimate of drug-likeness (QED) is 0.415. The van der Waals surface area contributed by atoms with Gasteiger partial charge in [-0.25, -0.2) is 0 Å². The summed E-state index contributed by atoms with van der Waals surface area (Å²) in [6, 6.07) is 19.5. The van der Waals surface area contributed by atoms with Crippen molar-refractivity contribution in [3.05, 3.63) is 71.8 Å². The van der Waals surface area contributed by atoms with E-state index in [0.717, 1.165) is 11.1 Å². The molecule has 2 aromatic rings. The molecule has 0 amide bonds. The van der Waals surface area contributed by atoms with E-state index in [9.17, 15) is 0 Å². The molecule has 4 N–H and O–H groups in total. The van der Waals surface area contributed by atoms with Crippen LogP contribution in [-0.2, 0) is 0 Å². The number of hydrogen-bond acceptors (Lipinski definition) is 2. The van der Waals surface area contributed by atoms with Gasteiger partial charge in [0.15, 0.2) is 6.21 Å². The smallest absolute Gasteiger partial charge is 0.269 e. The fourth-order valence-corrected chi connectivity index (χ4v) is 1.46. The van der Waals surface area contributed by atoms with E-state index in [0.29, 0.717) is 0 Å². The van der Waals surface area contributed by atoms with E-state index in [-0.39, 0.29) is 5.96 Å². The molecule has 0 aromatic heterocycles. The SMILES string of the molecule is NC(=N/N=C\c1ccccc1)N/[NH+]=C\c1ccccc1. The van der Waals surface area contributed by atoms with Crippen LogP contribution in [0, 0.1) is 0 Å². The molecule has 5 nitrogen and oxygen atoms in total. The van der Waals surface area contributed by atoms with E-state index in [2.05, 4.69) is 20.7 Å². The van der Waals surface area contributed by atoms with Crippen molar-refractivity contribution in [1.82, 2.24) is 5.43 Å². The van der Waals surface area contributed by atoms with Gasteiger partial charge in [0.1, 0.15) is 0 Å². The average Bonchev–Trinajstić information content (AvgIpc) is 2.49. The van der Waals surface area contributed by atoms with Crippen molar-refractivity contribution in [1.29, 1.82) is 0 Å². The molecule has 0 saturated heterocycles. The maximum absolute atomic E-state index is 5.64. The van der Waals surface area contributed by atoms with E-state index in [1.807, 2.05) is 60.7 Å². The fraction of sp³-hybridized carbons (Fsp3) is 0. The number of hydrogen-bond donors (Lipinski definition) is 3. The molecule has 5 heteroatoms. The zero-order valence-corrected chi connectivity index (χ0v) is 10.9. The van der Waals surface area contributed by atoms with E-state index >= 15 is 0 Å². The van der Waals surface area contributed by atoms with Gasteiger partial charge in [0.05, 0.1) is 6.21 Å². The molecule has 0 bridgehead atoms. The van der Waals surface area contributed by atoms with Crippen molar-refractivity contribution < 1.29 is 5.10 Å². The highest BCUT2D eigenvalue weighted by molar-refractivity contribution is 5.82. The molecule has 0 unspecified atom stereocenters. The highest BCUT2D eigenvalue weighted by atomic mass is 15.4. The Morgan fingerprint density at radius 3 is 2.20 bits per heavy atom. The molecule has 100 valence electrons. The summed E-state index contributed by atoms with van der Waals surface area (Å²) in [7, 11) is 0. The number of benzene rings is 2. The lowest BCUT2D eigenvalue weighted by Crippen LogP contribution is -2.82. The summed E-state index contributed by atoms with van der Waals surface area (Å²) in [5.74, 6) is 0.185. The Kier molecular flexibility index (Phi) is 5.04. The molecule has 0 spiro atoms. The number of nitrogens with zero attached hydrogens (tertiary/aromatic N) is 2. The molecule has 0 aliphatic carbocycles. The van der Waals surface area contributed by atoms with Crippen LogP contribution in [-0.4, -0.2) is 18.4 Å². The van der Waals surface area contributed by atoms with Gasteiger partial charge in [0.2, 0.25) is 0 Å². The zero-order chi connectivity index (χ0) is 14.0. The van der Waals surface area contributed by atoms with Crippen LogP contribution in [0.15, 0.2) is 70.9 Å². The predicted octanol–water partition coefficient (Wildman–Crippen LogP) is 0.0395. The van der Waals surface area contributed by atoms with Gasteiger partial charge in [-0.1, -0.05) is 48.5 Å². The first-order valence-electron chi connectivity index (χ1n) is 6.16. The van der Waals surface area contributed by atoms with Gasteiger partial charge in [-0.2, -0.15) is 5.10 Å². The minimum Gasteiger partial charge on any atom is -0.364 e. The second kappa shape index (κ2) is 7.48. The summed E-state index contributed by atoms with van der Waals surface area (Å²) in [6.07, 6.45) is 3.42. The molecule has 0 fully saturated rings. The van der Waals surface area contributed by atoms with Crippen molar-refractivity contribution in [2.75, 3.05) is 0 Å². The summed E-state index contributed by atoms with van der Waals surface area (Å²) in [6.45, 7) is 0. The largest absolute Gasteiger partial charge is 0.364 e. The molecule has 2 rings (SSSR count). The van der Waals surface area contributed by atoms with Gasteiger partial charge in [0.25, 0.3) is 5.96 Å². The van der Waals surface area contributed by atoms with Crippen molar-refractivity contribution >= 4 is 18.4 Å². The van der Waals surface area contributed by atoms with Gasteiger partial charge in [0, 0.05) is 5.56 Å². The van der Waals surface area contributed by atoms with Gasteiger partial charge >= 0.3 is 0 Å². The third-order valence-electron chi connectivity index (χ3n) is 2.41. The van der Waals surface area contributed by atoms with E-state index in [1.54, 1.807) is 12.4 Å². The summed E-state index contributed by atoms with van der Waals surface area (Å²) in [5, 5.41) is 10.6. The van der Waals surface area contributed by atoms with Crippen LogP contribution in [0.3, 0.4) is 0 Å². The van der Waals surface area contributed by atoms with Gasteiger partial charge in [-0.3, -0.25) is 0 Å². The molecule has 0 radical (unpaired) electrons. The second-order valence-corrected chi connectivity index (χ2v) is 3.96. The third-order valence-corrected chi connectivity index (χ3v) is 2.41. The Morgan fingerprint density at radius 1 is 0.950 bits per heavy atom. The first-order valence-corrected chi connectivity index (χ1v) is 6.16. The van der Waals surface area contributed by atoms with E-state index < -0.39 is 0 Å². The highest BCUT2D eigenvalue weighted by Gasteiger charge is 1.91. The topological polar surface area (TPSA) is 76.7 Å². The van der Waals surface area contributed by atoms with Gasteiger partial charge in [-0.15, -0.1) is 15.6 Å². The lowest BCUT2D eigenvalue weighted by Gasteiger charge is -1.91. The maximum atomic E-state index is 5.64. The molecule has 2 aromatic carbocycles. The maximum Gasteiger partial charge on any atom is 0.269 e.